The Bertz CT molecular complexity index is 835. The summed E-state index contributed by atoms with van der Waals surface area (Å²) in [6.07, 6.45) is 4.41. The Hall–Kier alpha value is -2.56. The summed E-state index contributed by atoms with van der Waals surface area (Å²) < 4.78 is 0. The summed E-state index contributed by atoms with van der Waals surface area (Å²) >= 11 is 0. The molecule has 0 unspecified atom stereocenters. The highest BCUT2D eigenvalue weighted by Gasteiger charge is 2.41. The van der Waals surface area contributed by atoms with Gasteiger partial charge in [-0.15, -0.1) is 0 Å². The van der Waals surface area contributed by atoms with Crippen LogP contribution in [0, 0.1) is 5.41 Å². The van der Waals surface area contributed by atoms with Crippen molar-refractivity contribution in [3.8, 4) is 0 Å². The van der Waals surface area contributed by atoms with E-state index < -0.39 is 0 Å². The van der Waals surface area contributed by atoms with Gasteiger partial charge in [-0.3, -0.25) is 9.59 Å². The van der Waals surface area contributed by atoms with Crippen LogP contribution in [0.15, 0.2) is 42.5 Å². The van der Waals surface area contributed by atoms with Crippen LogP contribution >= 0.6 is 0 Å². The molecule has 28 heavy (non-hydrogen) atoms. The van der Waals surface area contributed by atoms with Gasteiger partial charge in [0.1, 0.15) is 5.69 Å². The molecule has 2 aliphatic rings. The van der Waals surface area contributed by atoms with E-state index in [1.807, 2.05) is 40.1 Å². The predicted octanol–water partition coefficient (Wildman–Crippen LogP) is 3.62. The van der Waals surface area contributed by atoms with Gasteiger partial charge in [-0.1, -0.05) is 37.3 Å². The summed E-state index contributed by atoms with van der Waals surface area (Å²) in [5.74, 6) is 0.356. The Morgan fingerprint density at radius 3 is 2.50 bits per heavy atom. The van der Waals surface area contributed by atoms with Crippen molar-refractivity contribution in [1.82, 2.24) is 14.8 Å². The minimum Gasteiger partial charge on any atom is -0.354 e. The molecule has 1 N–H and O–H groups in total. The molecule has 0 bridgehead atoms. The van der Waals surface area contributed by atoms with Crippen LogP contribution in [0.1, 0.15) is 54.4 Å². The Morgan fingerprint density at radius 2 is 1.82 bits per heavy atom. The van der Waals surface area contributed by atoms with Crippen LogP contribution in [-0.4, -0.2) is 46.2 Å². The van der Waals surface area contributed by atoms with Crippen molar-refractivity contribution in [3.05, 3.63) is 59.4 Å². The molecule has 0 atom stereocenters. The van der Waals surface area contributed by atoms with E-state index in [0.717, 1.165) is 51.0 Å². The number of aromatic amines is 1. The van der Waals surface area contributed by atoms with E-state index in [-0.39, 0.29) is 17.2 Å². The number of aryl methyl sites for hydroxylation is 1. The summed E-state index contributed by atoms with van der Waals surface area (Å²) in [6, 6.07) is 14.1. The van der Waals surface area contributed by atoms with Gasteiger partial charge in [-0.25, -0.2) is 0 Å². The Kier molecular flexibility index (Phi) is 5.25. The number of likely N-dealkylation sites (tertiary alicyclic amines) is 2. The molecule has 0 radical (unpaired) electrons. The molecular formula is C23H29N3O2. The maximum absolute atomic E-state index is 12.8. The van der Waals surface area contributed by atoms with Gasteiger partial charge in [-0.05, 0) is 48.8 Å². The quantitative estimate of drug-likeness (QED) is 0.882. The molecule has 2 fully saturated rings. The van der Waals surface area contributed by atoms with Crippen LogP contribution in [0.5, 0.6) is 0 Å². The lowest BCUT2D eigenvalue weighted by molar-refractivity contribution is -0.139. The van der Waals surface area contributed by atoms with Crippen molar-refractivity contribution in [3.63, 3.8) is 0 Å². The van der Waals surface area contributed by atoms with E-state index >= 15 is 0 Å². The first-order valence-corrected chi connectivity index (χ1v) is 10.4. The van der Waals surface area contributed by atoms with Crippen LogP contribution < -0.4 is 0 Å². The molecule has 1 aromatic heterocycles. The van der Waals surface area contributed by atoms with Crippen molar-refractivity contribution in [2.24, 2.45) is 5.41 Å². The fourth-order valence-electron chi connectivity index (χ4n) is 4.58. The number of hydrogen-bond donors (Lipinski definition) is 1. The van der Waals surface area contributed by atoms with E-state index in [4.69, 9.17) is 0 Å². The maximum atomic E-state index is 12.8. The van der Waals surface area contributed by atoms with Crippen molar-refractivity contribution in [1.29, 1.82) is 0 Å². The smallest absolute Gasteiger partial charge is 0.270 e. The molecule has 5 nitrogen and oxygen atoms in total. The van der Waals surface area contributed by atoms with E-state index in [2.05, 4.69) is 24.0 Å². The molecule has 0 aliphatic carbocycles. The summed E-state index contributed by atoms with van der Waals surface area (Å²) in [4.78, 5) is 32.5. The van der Waals surface area contributed by atoms with Crippen LogP contribution in [0.3, 0.4) is 0 Å². The second kappa shape index (κ2) is 7.82. The topological polar surface area (TPSA) is 56.4 Å². The zero-order valence-electron chi connectivity index (χ0n) is 16.6. The molecule has 0 saturated carbocycles. The van der Waals surface area contributed by atoms with Crippen molar-refractivity contribution < 1.29 is 9.59 Å². The average molecular weight is 380 g/mol. The molecular weight excluding hydrogens is 350 g/mol. The van der Waals surface area contributed by atoms with E-state index in [9.17, 15) is 9.59 Å². The molecule has 1 spiro atoms. The van der Waals surface area contributed by atoms with Crippen LogP contribution in [0.25, 0.3) is 0 Å². The van der Waals surface area contributed by atoms with Gasteiger partial charge < -0.3 is 14.8 Å². The number of amides is 2. The monoisotopic (exact) mass is 379 g/mol. The number of H-pyrrole nitrogens is 1. The van der Waals surface area contributed by atoms with Crippen molar-refractivity contribution in [2.45, 2.75) is 45.6 Å². The molecule has 4 rings (SSSR count). The lowest BCUT2D eigenvalue weighted by Crippen LogP contribution is -2.52. The Labute approximate surface area is 166 Å². The Morgan fingerprint density at radius 1 is 1.07 bits per heavy atom. The highest BCUT2D eigenvalue weighted by Crippen LogP contribution is 2.40. The summed E-state index contributed by atoms with van der Waals surface area (Å²) in [5.41, 5.74) is 3.12. The number of rotatable bonds is 4. The third-order valence-corrected chi connectivity index (χ3v) is 6.43. The van der Waals surface area contributed by atoms with Crippen molar-refractivity contribution in [2.75, 3.05) is 19.6 Å². The zero-order chi connectivity index (χ0) is 19.6. The van der Waals surface area contributed by atoms with Gasteiger partial charge in [0, 0.05) is 38.3 Å². The first-order chi connectivity index (χ1) is 13.6. The van der Waals surface area contributed by atoms with E-state index in [1.165, 1.54) is 5.56 Å². The van der Waals surface area contributed by atoms with Crippen molar-refractivity contribution >= 4 is 11.8 Å². The third kappa shape index (κ3) is 3.84. The average Bonchev–Trinajstić information content (AvgIpc) is 3.21. The summed E-state index contributed by atoms with van der Waals surface area (Å²) in [6.45, 7) is 5.12. The molecule has 2 aliphatic heterocycles. The number of aromatic nitrogens is 1. The molecule has 2 amide bonds. The lowest BCUT2D eigenvalue weighted by Gasteiger charge is -2.47. The molecule has 2 saturated heterocycles. The largest absolute Gasteiger partial charge is 0.354 e. The Balaban J connectivity index is 1.38. The number of piperidine rings is 2. The number of carbonyl (C=O) groups is 2. The highest BCUT2D eigenvalue weighted by molar-refractivity contribution is 5.92. The summed E-state index contributed by atoms with van der Waals surface area (Å²) in [5, 5.41) is 0. The van der Waals surface area contributed by atoms with Gasteiger partial charge in [0.15, 0.2) is 0 Å². The molecule has 3 heterocycles. The number of carbonyl (C=O) groups excluding carboxylic acids is 2. The van der Waals surface area contributed by atoms with E-state index in [0.29, 0.717) is 18.7 Å². The molecule has 1 aromatic carbocycles. The first kappa shape index (κ1) is 18.8. The highest BCUT2D eigenvalue weighted by atomic mass is 16.2. The number of nitrogens with one attached hydrogen (secondary N) is 1. The van der Waals surface area contributed by atoms with Gasteiger partial charge in [0.05, 0.1) is 0 Å². The lowest BCUT2D eigenvalue weighted by atomic mass is 9.72. The predicted molar refractivity (Wildman–Crippen MR) is 109 cm³/mol. The second-order valence-corrected chi connectivity index (χ2v) is 8.28. The molecule has 148 valence electrons. The van der Waals surface area contributed by atoms with E-state index in [1.54, 1.807) is 0 Å². The number of nitrogens with zero attached hydrogens (tertiary/aromatic N) is 2. The van der Waals surface area contributed by atoms with Crippen LogP contribution in [-0.2, 0) is 17.8 Å². The standard InChI is InChI=1S/C23H29N3O2/c1-2-19-8-9-20(24-19)22(28)25-14-12-23(13-15-25)11-10-21(27)26(17-23)16-18-6-4-3-5-7-18/h3-9,24H,2,10-17H2,1H3. The first-order valence-electron chi connectivity index (χ1n) is 10.4. The third-order valence-electron chi connectivity index (χ3n) is 6.43. The van der Waals surface area contributed by atoms with Gasteiger partial charge in [0.2, 0.25) is 5.91 Å². The zero-order valence-corrected chi connectivity index (χ0v) is 16.6. The van der Waals surface area contributed by atoms with Gasteiger partial charge >= 0.3 is 0 Å². The van der Waals surface area contributed by atoms with Gasteiger partial charge in [-0.2, -0.15) is 0 Å². The maximum Gasteiger partial charge on any atom is 0.270 e. The normalized spacial score (nSPS) is 19.2. The number of benzene rings is 1. The minimum absolute atomic E-state index is 0.0996. The SMILES string of the molecule is CCc1ccc(C(=O)N2CCC3(CCC(=O)N(Cc4ccccc4)C3)CC2)[nH]1. The second-order valence-electron chi connectivity index (χ2n) is 8.28. The number of hydrogen-bond acceptors (Lipinski definition) is 2. The minimum atomic E-state index is 0.0996. The van der Waals surface area contributed by atoms with Gasteiger partial charge in [0.25, 0.3) is 5.91 Å². The fraction of sp³-hybridized carbons (Fsp3) is 0.478. The van der Waals surface area contributed by atoms with Crippen LogP contribution in [0.2, 0.25) is 0 Å². The molecule has 5 heteroatoms. The fourth-order valence-corrected chi connectivity index (χ4v) is 4.58. The van der Waals surface area contributed by atoms with Crippen LogP contribution in [0.4, 0.5) is 0 Å². The summed E-state index contributed by atoms with van der Waals surface area (Å²) in [7, 11) is 0. The molecule has 2 aromatic rings.